The lowest BCUT2D eigenvalue weighted by Crippen LogP contribution is -2.46. The summed E-state index contributed by atoms with van der Waals surface area (Å²) in [5.74, 6) is 1.73. The van der Waals surface area contributed by atoms with Gasteiger partial charge in [-0.05, 0) is 69.3 Å². The first-order chi connectivity index (χ1) is 12.6. The second-order valence-corrected chi connectivity index (χ2v) is 8.35. The van der Waals surface area contributed by atoms with Gasteiger partial charge in [0.05, 0.1) is 5.69 Å². The molecule has 0 radical (unpaired) electrons. The Morgan fingerprint density at radius 3 is 2.81 bits per heavy atom. The lowest BCUT2D eigenvalue weighted by molar-refractivity contribution is -0.122. The minimum Gasteiger partial charge on any atom is -0.352 e. The van der Waals surface area contributed by atoms with E-state index < -0.39 is 0 Å². The van der Waals surface area contributed by atoms with Crippen LogP contribution < -0.4 is 10.6 Å². The van der Waals surface area contributed by atoms with Gasteiger partial charge in [0.2, 0.25) is 5.91 Å². The molecule has 26 heavy (non-hydrogen) atoms. The molecule has 144 valence electrons. The van der Waals surface area contributed by atoms with E-state index in [1.807, 2.05) is 13.1 Å². The Balaban J connectivity index is 1.75. The maximum absolute atomic E-state index is 12.4. The van der Waals surface area contributed by atoms with Gasteiger partial charge in [0.15, 0.2) is 0 Å². The lowest BCUT2D eigenvalue weighted by Gasteiger charge is -2.31. The maximum Gasteiger partial charge on any atom is 0.220 e. The average Bonchev–Trinajstić information content (AvgIpc) is 2.66. The topological polar surface area (TPSA) is 53.5 Å². The van der Waals surface area contributed by atoms with Crippen molar-refractivity contribution in [2.75, 3.05) is 19.3 Å². The van der Waals surface area contributed by atoms with Gasteiger partial charge in [0.1, 0.15) is 0 Å². The minimum absolute atomic E-state index is 0.183. The number of benzene rings is 1. The van der Waals surface area contributed by atoms with Crippen molar-refractivity contribution in [3.05, 3.63) is 23.8 Å². The van der Waals surface area contributed by atoms with Crippen LogP contribution in [0.3, 0.4) is 0 Å². The van der Waals surface area contributed by atoms with Crippen LogP contribution in [0.4, 0.5) is 5.69 Å². The Bertz CT molecular complexity index is 585. The van der Waals surface area contributed by atoms with Crippen molar-refractivity contribution in [2.45, 2.75) is 62.8 Å². The first-order valence-electron chi connectivity index (χ1n) is 9.78. The third kappa shape index (κ3) is 6.76. The minimum atomic E-state index is 0.183. The van der Waals surface area contributed by atoms with Gasteiger partial charge in [-0.1, -0.05) is 25.3 Å². The molecule has 1 unspecified atom stereocenters. The third-order valence-electron chi connectivity index (χ3n) is 5.08. The van der Waals surface area contributed by atoms with Crippen LogP contribution in [0.15, 0.2) is 28.1 Å². The van der Waals surface area contributed by atoms with Gasteiger partial charge in [-0.3, -0.25) is 9.79 Å². The largest absolute Gasteiger partial charge is 0.352 e. The van der Waals surface area contributed by atoms with E-state index in [-0.39, 0.29) is 11.9 Å². The quantitative estimate of drug-likeness (QED) is 0.360. The van der Waals surface area contributed by atoms with E-state index in [1.165, 1.54) is 37.7 Å². The first kappa shape index (κ1) is 21.0. The number of hydrogen-bond donors (Lipinski definition) is 2. The van der Waals surface area contributed by atoms with E-state index in [9.17, 15) is 4.79 Å². The number of likely N-dealkylation sites (N-methyl/N-ethyl adjacent to an activating group) is 1. The smallest absolute Gasteiger partial charge is 0.220 e. The standard InChI is InChI=1S/C21H33N3OS/c1-16-11-12-18(23-3)20(14-16)26-13-7-10-21(25)24-19(15-22-2)17-8-5-4-6-9-17/h11-12,14,17,19,22H,3-10,13,15H2,1-2H3,(H,24,25). The highest BCUT2D eigenvalue weighted by atomic mass is 32.2. The van der Waals surface area contributed by atoms with Crippen molar-refractivity contribution in [1.29, 1.82) is 0 Å². The SMILES string of the molecule is C=Nc1ccc(C)cc1SCCCC(=O)NC(CNC)C1CCCCC1. The van der Waals surface area contributed by atoms with E-state index in [0.717, 1.165) is 29.3 Å². The fraction of sp³-hybridized carbons (Fsp3) is 0.619. The summed E-state index contributed by atoms with van der Waals surface area (Å²) in [6.45, 7) is 6.58. The van der Waals surface area contributed by atoms with Crippen molar-refractivity contribution in [3.63, 3.8) is 0 Å². The predicted octanol–water partition coefficient (Wildman–Crippen LogP) is 4.48. The van der Waals surface area contributed by atoms with Crippen molar-refractivity contribution in [1.82, 2.24) is 10.6 Å². The number of carbonyl (C=O) groups is 1. The third-order valence-corrected chi connectivity index (χ3v) is 6.21. The monoisotopic (exact) mass is 375 g/mol. The van der Waals surface area contributed by atoms with Crippen LogP contribution in [0, 0.1) is 12.8 Å². The number of aryl methyl sites for hydroxylation is 1. The van der Waals surface area contributed by atoms with Crippen LogP contribution in [-0.2, 0) is 4.79 Å². The van der Waals surface area contributed by atoms with Crippen LogP contribution in [0.25, 0.3) is 0 Å². The zero-order chi connectivity index (χ0) is 18.8. The Kier molecular flexibility index (Phi) is 9.19. The summed E-state index contributed by atoms with van der Waals surface area (Å²) in [5, 5.41) is 6.52. The molecule has 1 aliphatic carbocycles. The summed E-state index contributed by atoms with van der Waals surface area (Å²) in [6.07, 6.45) is 7.89. The van der Waals surface area contributed by atoms with Crippen molar-refractivity contribution < 1.29 is 4.79 Å². The first-order valence-corrected chi connectivity index (χ1v) is 10.8. The van der Waals surface area contributed by atoms with Gasteiger partial charge in [-0.15, -0.1) is 11.8 Å². The molecule has 0 heterocycles. The molecule has 0 aliphatic heterocycles. The summed E-state index contributed by atoms with van der Waals surface area (Å²) in [4.78, 5) is 17.6. The molecule has 1 amide bonds. The van der Waals surface area contributed by atoms with Gasteiger partial charge in [-0.2, -0.15) is 0 Å². The summed E-state index contributed by atoms with van der Waals surface area (Å²) in [7, 11) is 1.96. The normalized spacial score (nSPS) is 16.2. The molecule has 4 nitrogen and oxygen atoms in total. The van der Waals surface area contributed by atoms with E-state index in [0.29, 0.717) is 12.3 Å². The zero-order valence-electron chi connectivity index (χ0n) is 16.2. The lowest BCUT2D eigenvalue weighted by atomic mass is 9.83. The molecule has 1 fully saturated rings. The predicted molar refractivity (Wildman–Crippen MR) is 113 cm³/mol. The number of amides is 1. The highest BCUT2D eigenvalue weighted by molar-refractivity contribution is 7.99. The van der Waals surface area contributed by atoms with Crippen LogP contribution in [0.5, 0.6) is 0 Å². The molecule has 5 heteroatoms. The zero-order valence-corrected chi connectivity index (χ0v) is 17.0. The number of hydrogen-bond acceptors (Lipinski definition) is 4. The van der Waals surface area contributed by atoms with Gasteiger partial charge in [-0.25, -0.2) is 0 Å². The molecule has 1 aromatic rings. The summed E-state index contributed by atoms with van der Waals surface area (Å²) >= 11 is 1.76. The second kappa shape index (κ2) is 11.4. The van der Waals surface area contributed by atoms with Crippen molar-refractivity contribution in [3.8, 4) is 0 Å². The molecule has 0 saturated heterocycles. The van der Waals surface area contributed by atoms with Gasteiger partial charge in [0.25, 0.3) is 0 Å². The molecular weight excluding hydrogens is 342 g/mol. The molecule has 1 atom stereocenters. The number of rotatable bonds is 10. The van der Waals surface area contributed by atoms with Gasteiger partial charge in [0, 0.05) is 23.9 Å². The number of carbonyl (C=O) groups excluding carboxylic acids is 1. The molecule has 1 aliphatic rings. The molecular formula is C21H33N3OS. The Morgan fingerprint density at radius 2 is 2.12 bits per heavy atom. The fourth-order valence-electron chi connectivity index (χ4n) is 3.65. The van der Waals surface area contributed by atoms with E-state index >= 15 is 0 Å². The van der Waals surface area contributed by atoms with Gasteiger partial charge >= 0.3 is 0 Å². The van der Waals surface area contributed by atoms with Crippen LogP contribution in [0.1, 0.15) is 50.5 Å². The Hall–Kier alpha value is -1.33. The van der Waals surface area contributed by atoms with E-state index in [2.05, 4.69) is 41.4 Å². The van der Waals surface area contributed by atoms with Crippen LogP contribution in [-0.4, -0.2) is 38.0 Å². The Morgan fingerprint density at radius 1 is 1.35 bits per heavy atom. The number of thioether (sulfide) groups is 1. The molecule has 0 bridgehead atoms. The summed E-state index contributed by atoms with van der Waals surface area (Å²) in [5.41, 5.74) is 2.15. The number of nitrogens with zero attached hydrogens (tertiary/aromatic N) is 1. The van der Waals surface area contributed by atoms with Crippen LogP contribution >= 0.6 is 11.8 Å². The average molecular weight is 376 g/mol. The molecule has 1 aromatic carbocycles. The molecule has 2 rings (SSSR count). The molecule has 0 spiro atoms. The maximum atomic E-state index is 12.4. The number of aliphatic imine (C=N–C) groups is 1. The highest BCUT2D eigenvalue weighted by Gasteiger charge is 2.24. The summed E-state index contributed by atoms with van der Waals surface area (Å²) in [6, 6.07) is 6.47. The van der Waals surface area contributed by atoms with Crippen LogP contribution in [0.2, 0.25) is 0 Å². The molecule has 2 N–H and O–H groups in total. The van der Waals surface area contributed by atoms with E-state index in [4.69, 9.17) is 0 Å². The summed E-state index contributed by atoms with van der Waals surface area (Å²) < 4.78 is 0. The fourth-order valence-corrected chi connectivity index (χ4v) is 4.71. The van der Waals surface area contributed by atoms with Crippen molar-refractivity contribution >= 4 is 30.1 Å². The van der Waals surface area contributed by atoms with Crippen molar-refractivity contribution in [2.24, 2.45) is 10.9 Å². The number of nitrogens with one attached hydrogen (secondary N) is 2. The second-order valence-electron chi connectivity index (χ2n) is 7.21. The van der Waals surface area contributed by atoms with E-state index in [1.54, 1.807) is 11.8 Å². The van der Waals surface area contributed by atoms with Gasteiger partial charge < -0.3 is 10.6 Å². The highest BCUT2D eigenvalue weighted by Crippen LogP contribution is 2.31. The molecule has 0 aromatic heterocycles. The Labute approximate surface area is 162 Å². The molecule has 1 saturated carbocycles.